The maximum atomic E-state index is 12.9. The second-order valence-corrected chi connectivity index (χ2v) is 6.31. The topological polar surface area (TPSA) is 50.8 Å². The van der Waals surface area contributed by atoms with Crippen molar-refractivity contribution < 1.29 is 14.3 Å². The number of hydrogen-bond acceptors (Lipinski definition) is 4. The van der Waals surface area contributed by atoms with E-state index in [-0.39, 0.29) is 18.1 Å². The highest BCUT2D eigenvalue weighted by Crippen LogP contribution is 2.34. The molecule has 1 aliphatic heterocycles. The van der Waals surface area contributed by atoms with Crippen LogP contribution in [0, 0.1) is 0 Å². The van der Waals surface area contributed by atoms with Crippen molar-refractivity contribution in [1.29, 1.82) is 0 Å². The summed E-state index contributed by atoms with van der Waals surface area (Å²) in [6, 6.07) is 15.6. The third kappa shape index (κ3) is 3.61. The Bertz CT molecular complexity index is 728. The number of para-hydroxylation sites is 1. The summed E-state index contributed by atoms with van der Waals surface area (Å²) in [5.41, 5.74) is 2.61. The van der Waals surface area contributed by atoms with E-state index in [9.17, 15) is 4.79 Å². The van der Waals surface area contributed by atoms with E-state index in [2.05, 4.69) is 5.32 Å². The summed E-state index contributed by atoms with van der Waals surface area (Å²) >= 11 is 0. The molecule has 132 valence electrons. The van der Waals surface area contributed by atoms with E-state index in [1.54, 1.807) is 7.11 Å². The molecule has 0 bridgehead atoms. The van der Waals surface area contributed by atoms with Crippen LogP contribution in [0.25, 0.3) is 0 Å². The first-order valence-electron chi connectivity index (χ1n) is 8.51. The molecule has 5 heteroatoms. The van der Waals surface area contributed by atoms with E-state index in [0.29, 0.717) is 18.8 Å². The minimum Gasteiger partial charge on any atom is -0.491 e. The van der Waals surface area contributed by atoms with Gasteiger partial charge in [-0.25, -0.2) is 0 Å². The van der Waals surface area contributed by atoms with Gasteiger partial charge in [-0.05, 0) is 43.7 Å². The van der Waals surface area contributed by atoms with Gasteiger partial charge in [0, 0.05) is 18.8 Å². The van der Waals surface area contributed by atoms with Gasteiger partial charge in [0.1, 0.15) is 18.5 Å². The summed E-state index contributed by atoms with van der Waals surface area (Å²) in [5.74, 6) is 0.842. The largest absolute Gasteiger partial charge is 0.491 e. The van der Waals surface area contributed by atoms with Crippen LogP contribution in [0.3, 0.4) is 0 Å². The van der Waals surface area contributed by atoms with Gasteiger partial charge in [-0.3, -0.25) is 4.79 Å². The van der Waals surface area contributed by atoms with Gasteiger partial charge in [0.2, 0.25) is 0 Å². The van der Waals surface area contributed by atoms with E-state index in [1.807, 2.05) is 67.3 Å². The summed E-state index contributed by atoms with van der Waals surface area (Å²) < 4.78 is 10.6. The van der Waals surface area contributed by atoms with Gasteiger partial charge in [-0.2, -0.15) is 0 Å². The Morgan fingerprint density at radius 2 is 1.80 bits per heavy atom. The Balaban J connectivity index is 1.86. The van der Waals surface area contributed by atoms with Crippen LogP contribution in [0.5, 0.6) is 5.75 Å². The van der Waals surface area contributed by atoms with Crippen LogP contribution in [0.15, 0.2) is 48.5 Å². The molecule has 2 aromatic carbocycles. The molecule has 3 rings (SSSR count). The minimum atomic E-state index is -0.199. The predicted octanol–water partition coefficient (Wildman–Crippen LogP) is 3.69. The molecule has 0 saturated carbocycles. The lowest BCUT2D eigenvalue weighted by Gasteiger charge is -2.40. The lowest BCUT2D eigenvalue weighted by Crippen LogP contribution is -2.46. The van der Waals surface area contributed by atoms with Crippen LogP contribution in [-0.2, 0) is 4.74 Å². The van der Waals surface area contributed by atoms with Crippen LogP contribution in [0.2, 0.25) is 0 Å². The monoisotopic (exact) mass is 340 g/mol. The zero-order chi connectivity index (χ0) is 17.8. The van der Waals surface area contributed by atoms with Crippen molar-refractivity contribution in [2.45, 2.75) is 26.1 Å². The minimum absolute atomic E-state index is 0.0507. The summed E-state index contributed by atoms with van der Waals surface area (Å²) in [6.45, 7) is 5.13. The number of nitrogens with zero attached hydrogens (tertiary/aromatic N) is 1. The van der Waals surface area contributed by atoms with Crippen molar-refractivity contribution in [2.24, 2.45) is 0 Å². The second-order valence-electron chi connectivity index (χ2n) is 6.31. The molecule has 1 N–H and O–H groups in total. The quantitative estimate of drug-likeness (QED) is 0.815. The fourth-order valence-electron chi connectivity index (χ4n) is 3.03. The number of carbonyl (C=O) groups is 1. The third-order valence-corrected chi connectivity index (χ3v) is 4.27. The number of ether oxygens (including phenoxy) is 2. The number of methoxy groups -OCH3 is 1. The molecule has 0 radical (unpaired) electrons. The molecular weight excluding hydrogens is 316 g/mol. The number of carbonyl (C=O) groups excluding carboxylic acids is 1. The molecule has 1 atom stereocenters. The van der Waals surface area contributed by atoms with Crippen LogP contribution >= 0.6 is 0 Å². The van der Waals surface area contributed by atoms with Gasteiger partial charge in [0.05, 0.1) is 12.2 Å². The highest BCUT2D eigenvalue weighted by atomic mass is 16.5. The Morgan fingerprint density at radius 1 is 1.08 bits per heavy atom. The molecule has 1 heterocycles. The average molecular weight is 340 g/mol. The van der Waals surface area contributed by atoms with Crippen molar-refractivity contribution in [3.63, 3.8) is 0 Å². The third-order valence-electron chi connectivity index (χ3n) is 4.27. The van der Waals surface area contributed by atoms with Crippen molar-refractivity contribution >= 4 is 11.6 Å². The van der Waals surface area contributed by atoms with Gasteiger partial charge < -0.3 is 19.7 Å². The highest BCUT2D eigenvalue weighted by molar-refractivity contribution is 6.01. The Labute approximate surface area is 148 Å². The van der Waals surface area contributed by atoms with Gasteiger partial charge in [0.15, 0.2) is 0 Å². The van der Waals surface area contributed by atoms with Gasteiger partial charge >= 0.3 is 0 Å². The molecular formula is C20H24N2O3. The van der Waals surface area contributed by atoms with Crippen LogP contribution < -0.4 is 10.1 Å². The lowest BCUT2D eigenvalue weighted by atomic mass is 10.0. The van der Waals surface area contributed by atoms with Gasteiger partial charge in [0.25, 0.3) is 5.91 Å². The zero-order valence-corrected chi connectivity index (χ0v) is 14.9. The second kappa shape index (κ2) is 7.57. The fourth-order valence-corrected chi connectivity index (χ4v) is 3.03. The van der Waals surface area contributed by atoms with E-state index in [1.165, 1.54) is 0 Å². The van der Waals surface area contributed by atoms with E-state index in [0.717, 1.165) is 17.0 Å². The average Bonchev–Trinajstić information content (AvgIpc) is 2.62. The summed E-state index contributed by atoms with van der Waals surface area (Å²) in [7, 11) is 1.65. The van der Waals surface area contributed by atoms with E-state index < -0.39 is 0 Å². The van der Waals surface area contributed by atoms with Crippen LogP contribution in [-0.4, -0.2) is 37.2 Å². The molecule has 1 unspecified atom stereocenters. The molecule has 5 nitrogen and oxygen atoms in total. The predicted molar refractivity (Wildman–Crippen MR) is 97.9 cm³/mol. The SMILES string of the molecule is COCCOc1ccc(C2Nc3ccccc3C(=O)N2C(C)C)cc1. The first-order valence-corrected chi connectivity index (χ1v) is 8.51. The number of benzene rings is 2. The number of nitrogens with one attached hydrogen (secondary N) is 1. The fraction of sp³-hybridized carbons (Fsp3) is 0.350. The standard InChI is InChI=1S/C20H24N2O3/c1-14(2)22-19(21-18-7-5-4-6-17(18)20(22)23)15-8-10-16(11-9-15)25-13-12-24-3/h4-11,14,19,21H,12-13H2,1-3H3. The molecule has 1 amide bonds. The molecule has 2 aromatic rings. The summed E-state index contributed by atoms with van der Waals surface area (Å²) in [6.07, 6.45) is -0.199. The smallest absolute Gasteiger partial charge is 0.258 e. The molecule has 25 heavy (non-hydrogen) atoms. The number of fused-ring (bicyclic) bond motifs is 1. The molecule has 0 spiro atoms. The molecule has 1 aliphatic rings. The van der Waals surface area contributed by atoms with E-state index in [4.69, 9.17) is 9.47 Å². The summed E-state index contributed by atoms with van der Waals surface area (Å²) in [4.78, 5) is 14.8. The molecule has 0 aliphatic carbocycles. The number of hydrogen-bond donors (Lipinski definition) is 1. The first kappa shape index (κ1) is 17.3. The van der Waals surface area contributed by atoms with Crippen molar-refractivity contribution in [1.82, 2.24) is 4.90 Å². The van der Waals surface area contributed by atoms with Crippen molar-refractivity contribution in [2.75, 3.05) is 25.6 Å². The maximum absolute atomic E-state index is 12.9. The Kier molecular flexibility index (Phi) is 5.24. The number of rotatable bonds is 6. The van der Waals surface area contributed by atoms with Gasteiger partial charge in [-0.1, -0.05) is 24.3 Å². The van der Waals surface area contributed by atoms with Gasteiger partial charge in [-0.15, -0.1) is 0 Å². The normalized spacial score (nSPS) is 16.6. The number of amides is 1. The lowest BCUT2D eigenvalue weighted by molar-refractivity contribution is 0.0617. The zero-order valence-electron chi connectivity index (χ0n) is 14.9. The summed E-state index contributed by atoms with van der Waals surface area (Å²) in [5, 5.41) is 3.49. The Morgan fingerprint density at radius 3 is 2.48 bits per heavy atom. The van der Waals surface area contributed by atoms with Crippen molar-refractivity contribution in [3.05, 3.63) is 59.7 Å². The van der Waals surface area contributed by atoms with Crippen LogP contribution in [0.1, 0.15) is 35.9 Å². The molecule has 0 fully saturated rings. The Hall–Kier alpha value is -2.53. The van der Waals surface area contributed by atoms with Crippen LogP contribution in [0.4, 0.5) is 5.69 Å². The first-order chi connectivity index (χ1) is 12.1. The van der Waals surface area contributed by atoms with E-state index >= 15 is 0 Å². The highest BCUT2D eigenvalue weighted by Gasteiger charge is 2.34. The molecule has 0 saturated heterocycles. The van der Waals surface area contributed by atoms with Crippen molar-refractivity contribution in [3.8, 4) is 5.75 Å². The molecule has 0 aromatic heterocycles. The number of anilines is 1. The maximum Gasteiger partial charge on any atom is 0.258 e.